The number of hydrogen-bond acceptors (Lipinski definition) is 6. The van der Waals surface area contributed by atoms with Crippen LogP contribution in [-0.4, -0.2) is 22.5 Å². The Morgan fingerprint density at radius 3 is 2.64 bits per heavy atom. The average molecular weight is 402 g/mol. The zero-order valence-corrected chi connectivity index (χ0v) is 15.3. The first-order valence-electron chi connectivity index (χ1n) is 8.16. The van der Waals surface area contributed by atoms with E-state index in [2.05, 4.69) is 20.0 Å². The molecule has 0 aliphatic carbocycles. The first-order valence-corrected chi connectivity index (χ1v) is 9.14. The Labute approximate surface area is 164 Å². The molecule has 28 heavy (non-hydrogen) atoms. The maximum absolute atomic E-state index is 12.6. The third kappa shape index (κ3) is 5.40. The first kappa shape index (κ1) is 19.6. The van der Waals surface area contributed by atoms with E-state index in [0.29, 0.717) is 27.8 Å². The van der Waals surface area contributed by atoms with E-state index in [1.54, 1.807) is 30.6 Å². The number of ether oxygens (including phenoxy) is 1. The molecular weight excluding hydrogens is 386 g/mol. The minimum atomic E-state index is -2.90. The molecule has 0 radical (unpaired) electrons. The second kappa shape index (κ2) is 9.14. The Kier molecular flexibility index (Phi) is 6.38. The highest BCUT2D eigenvalue weighted by molar-refractivity contribution is 7.98. The Balaban J connectivity index is 1.68. The summed E-state index contributed by atoms with van der Waals surface area (Å²) in [5.41, 5.74) is 7.50. The van der Waals surface area contributed by atoms with Gasteiger partial charge < -0.3 is 15.8 Å². The van der Waals surface area contributed by atoms with E-state index >= 15 is 0 Å². The van der Waals surface area contributed by atoms with Gasteiger partial charge in [0.15, 0.2) is 0 Å². The van der Waals surface area contributed by atoms with Crippen LogP contribution in [0.2, 0.25) is 0 Å². The second-order valence-electron chi connectivity index (χ2n) is 5.59. The van der Waals surface area contributed by atoms with Crippen LogP contribution in [0.1, 0.15) is 15.9 Å². The van der Waals surface area contributed by atoms with Crippen LogP contribution < -0.4 is 15.8 Å². The van der Waals surface area contributed by atoms with E-state index in [-0.39, 0.29) is 11.7 Å². The Hall–Kier alpha value is -3.20. The number of nitrogens with two attached hydrogens (primary N) is 1. The van der Waals surface area contributed by atoms with Gasteiger partial charge in [0.1, 0.15) is 16.6 Å². The van der Waals surface area contributed by atoms with Gasteiger partial charge in [-0.05, 0) is 54.1 Å². The lowest BCUT2D eigenvalue weighted by Crippen LogP contribution is -2.13. The quantitative estimate of drug-likeness (QED) is 0.576. The fraction of sp³-hybridized carbons (Fsp3) is 0.105. The van der Waals surface area contributed by atoms with E-state index in [4.69, 9.17) is 5.73 Å². The number of pyridine rings is 2. The normalized spacial score (nSPS) is 10.7. The van der Waals surface area contributed by atoms with Crippen LogP contribution in [0, 0.1) is 0 Å². The molecule has 3 aromatic rings. The van der Waals surface area contributed by atoms with Gasteiger partial charge in [0, 0.05) is 23.8 Å². The summed E-state index contributed by atoms with van der Waals surface area (Å²) in [7, 11) is 0. The van der Waals surface area contributed by atoms with E-state index in [9.17, 15) is 13.6 Å². The van der Waals surface area contributed by atoms with Gasteiger partial charge in [0.2, 0.25) is 0 Å². The highest BCUT2D eigenvalue weighted by Gasteiger charge is 2.14. The van der Waals surface area contributed by atoms with Gasteiger partial charge in [0.05, 0.1) is 5.56 Å². The largest absolute Gasteiger partial charge is 0.435 e. The summed E-state index contributed by atoms with van der Waals surface area (Å²) in [4.78, 5) is 20.8. The Morgan fingerprint density at radius 1 is 1.14 bits per heavy atom. The zero-order valence-electron chi connectivity index (χ0n) is 14.5. The predicted molar refractivity (Wildman–Crippen MR) is 103 cm³/mol. The molecule has 0 atom stereocenters. The molecule has 0 bridgehead atoms. The number of nitrogens with zero attached hydrogens (tertiary/aromatic N) is 2. The molecular formula is C19H16F2N4O2S. The van der Waals surface area contributed by atoms with E-state index < -0.39 is 6.61 Å². The van der Waals surface area contributed by atoms with Gasteiger partial charge in [-0.2, -0.15) is 8.78 Å². The van der Waals surface area contributed by atoms with Crippen LogP contribution in [0.3, 0.4) is 0 Å². The molecule has 3 rings (SSSR count). The molecule has 0 aliphatic rings. The molecule has 144 valence electrons. The van der Waals surface area contributed by atoms with Crippen molar-refractivity contribution in [2.75, 3.05) is 11.1 Å². The molecule has 2 aromatic heterocycles. The fourth-order valence-corrected chi connectivity index (χ4v) is 3.27. The van der Waals surface area contributed by atoms with Crippen molar-refractivity contribution in [2.24, 2.45) is 0 Å². The molecule has 6 nitrogen and oxygen atoms in total. The number of carbonyl (C=O) groups is 1. The number of alkyl halides is 2. The third-order valence-electron chi connectivity index (χ3n) is 3.57. The number of amides is 1. The van der Waals surface area contributed by atoms with Crippen molar-refractivity contribution in [3.63, 3.8) is 0 Å². The number of benzene rings is 1. The smallest absolute Gasteiger partial charge is 0.387 e. The lowest BCUT2D eigenvalue weighted by molar-refractivity contribution is -0.0498. The number of anilines is 2. The van der Waals surface area contributed by atoms with Gasteiger partial charge in [0.25, 0.3) is 5.91 Å². The highest BCUT2D eigenvalue weighted by Crippen LogP contribution is 2.25. The number of nitrogen functional groups attached to an aromatic ring is 1. The van der Waals surface area contributed by atoms with Gasteiger partial charge in [-0.1, -0.05) is 0 Å². The standard InChI is InChI=1S/C19H16F2N4O2S/c20-19(21)27-14-5-3-13(4-6-14)25-17(26)15-2-1-8-24-18(15)28-11-12-7-9-23-16(22)10-12/h1-10,19H,11H2,(H2,22,23)(H,25,26). The summed E-state index contributed by atoms with van der Waals surface area (Å²) in [5, 5.41) is 3.28. The van der Waals surface area contributed by atoms with Crippen LogP contribution in [0.25, 0.3) is 0 Å². The average Bonchev–Trinajstić information content (AvgIpc) is 2.68. The molecule has 0 unspecified atom stereocenters. The SMILES string of the molecule is Nc1cc(CSc2ncccc2C(=O)Nc2ccc(OC(F)F)cc2)ccn1. The first-order chi connectivity index (χ1) is 13.5. The maximum Gasteiger partial charge on any atom is 0.387 e. The summed E-state index contributed by atoms with van der Waals surface area (Å²) in [6.45, 7) is -2.90. The van der Waals surface area contributed by atoms with Gasteiger partial charge in [-0.25, -0.2) is 9.97 Å². The van der Waals surface area contributed by atoms with Gasteiger partial charge in [-0.15, -0.1) is 11.8 Å². The molecule has 0 saturated heterocycles. The van der Waals surface area contributed by atoms with Crippen molar-refractivity contribution < 1.29 is 18.3 Å². The van der Waals surface area contributed by atoms with Crippen molar-refractivity contribution >= 4 is 29.2 Å². The highest BCUT2D eigenvalue weighted by atomic mass is 32.2. The fourth-order valence-electron chi connectivity index (χ4n) is 2.33. The van der Waals surface area contributed by atoms with Crippen LogP contribution in [0.15, 0.2) is 66.0 Å². The Morgan fingerprint density at radius 2 is 1.93 bits per heavy atom. The topological polar surface area (TPSA) is 90.1 Å². The summed E-state index contributed by atoms with van der Waals surface area (Å²) in [5.74, 6) is 0.662. The molecule has 2 heterocycles. The molecule has 3 N–H and O–H groups in total. The minimum absolute atomic E-state index is 0.0160. The summed E-state index contributed by atoms with van der Waals surface area (Å²) >= 11 is 1.40. The number of rotatable bonds is 7. The molecule has 0 saturated carbocycles. The van der Waals surface area contributed by atoms with Crippen LogP contribution in [0.5, 0.6) is 5.75 Å². The zero-order chi connectivity index (χ0) is 19.9. The van der Waals surface area contributed by atoms with E-state index in [1.165, 1.54) is 36.0 Å². The molecule has 0 spiro atoms. The van der Waals surface area contributed by atoms with Crippen LogP contribution in [0.4, 0.5) is 20.3 Å². The van der Waals surface area contributed by atoms with Crippen LogP contribution in [-0.2, 0) is 5.75 Å². The van der Waals surface area contributed by atoms with Gasteiger partial charge >= 0.3 is 6.61 Å². The minimum Gasteiger partial charge on any atom is -0.435 e. The van der Waals surface area contributed by atoms with Crippen molar-refractivity contribution in [3.05, 3.63) is 72.1 Å². The summed E-state index contributed by atoms with van der Waals surface area (Å²) in [6.07, 6.45) is 3.23. The van der Waals surface area contributed by atoms with Crippen molar-refractivity contribution in [3.8, 4) is 5.75 Å². The van der Waals surface area contributed by atoms with Gasteiger partial charge in [-0.3, -0.25) is 4.79 Å². The Bertz CT molecular complexity index is 955. The maximum atomic E-state index is 12.6. The predicted octanol–water partition coefficient (Wildman–Crippen LogP) is 4.20. The van der Waals surface area contributed by atoms with Crippen molar-refractivity contribution in [1.82, 2.24) is 9.97 Å². The number of hydrogen-bond donors (Lipinski definition) is 2. The molecule has 1 aromatic carbocycles. The van der Waals surface area contributed by atoms with E-state index in [1.807, 2.05) is 6.07 Å². The second-order valence-corrected chi connectivity index (χ2v) is 6.55. The molecule has 0 fully saturated rings. The number of aromatic nitrogens is 2. The molecule has 9 heteroatoms. The van der Waals surface area contributed by atoms with Crippen LogP contribution >= 0.6 is 11.8 Å². The van der Waals surface area contributed by atoms with E-state index in [0.717, 1.165) is 5.56 Å². The number of halogens is 2. The lowest BCUT2D eigenvalue weighted by atomic mass is 10.2. The van der Waals surface area contributed by atoms with Crippen molar-refractivity contribution in [2.45, 2.75) is 17.4 Å². The number of carbonyl (C=O) groups excluding carboxylic acids is 1. The number of thioether (sulfide) groups is 1. The molecule has 0 aliphatic heterocycles. The number of nitrogens with one attached hydrogen (secondary N) is 1. The summed E-state index contributed by atoms with van der Waals surface area (Å²) in [6, 6.07) is 12.6. The monoisotopic (exact) mass is 402 g/mol. The summed E-state index contributed by atoms with van der Waals surface area (Å²) < 4.78 is 28.7. The lowest BCUT2D eigenvalue weighted by Gasteiger charge is -2.10. The molecule has 1 amide bonds. The van der Waals surface area contributed by atoms with Crippen molar-refractivity contribution in [1.29, 1.82) is 0 Å². The third-order valence-corrected chi connectivity index (χ3v) is 4.65.